The molecule has 86 valence electrons. The van der Waals surface area contributed by atoms with Crippen LogP contribution in [0.3, 0.4) is 0 Å². The van der Waals surface area contributed by atoms with Crippen LogP contribution in [0.1, 0.15) is 5.56 Å². The Bertz CT molecular complexity index is 766. The molecule has 0 saturated heterocycles. The van der Waals surface area contributed by atoms with Crippen LogP contribution in [-0.4, -0.2) is 4.57 Å². The van der Waals surface area contributed by atoms with E-state index in [4.69, 9.17) is 5.26 Å². The van der Waals surface area contributed by atoms with Crippen molar-refractivity contribution in [3.05, 3.63) is 66.1 Å². The van der Waals surface area contributed by atoms with Gasteiger partial charge >= 0.3 is 0 Å². The fraction of sp³-hybridized carbons (Fsp3) is 0. The van der Waals surface area contributed by atoms with Gasteiger partial charge in [0.15, 0.2) is 0 Å². The third-order valence-electron chi connectivity index (χ3n) is 2.95. The first-order valence-electron chi connectivity index (χ1n) is 5.56. The predicted molar refractivity (Wildman–Crippen MR) is 67.9 cm³/mol. The van der Waals surface area contributed by atoms with E-state index in [2.05, 4.69) is 0 Å². The summed E-state index contributed by atoms with van der Waals surface area (Å²) >= 11 is 0. The van der Waals surface area contributed by atoms with Crippen LogP contribution >= 0.6 is 0 Å². The molecule has 3 rings (SSSR count). The minimum atomic E-state index is -0.488. The Morgan fingerprint density at radius 1 is 1.06 bits per heavy atom. The van der Waals surface area contributed by atoms with Crippen molar-refractivity contribution in [2.24, 2.45) is 0 Å². The zero-order valence-corrected chi connectivity index (χ0v) is 9.47. The summed E-state index contributed by atoms with van der Waals surface area (Å²) < 4.78 is 15.2. The fourth-order valence-corrected chi connectivity index (χ4v) is 2.06. The average molecular weight is 236 g/mol. The molecule has 0 aliphatic carbocycles. The van der Waals surface area contributed by atoms with Crippen molar-refractivity contribution in [1.82, 2.24) is 4.57 Å². The predicted octanol–water partition coefficient (Wildman–Crippen LogP) is 3.64. The van der Waals surface area contributed by atoms with E-state index in [-0.39, 0.29) is 5.56 Å². The molecule has 0 aliphatic rings. The molecule has 0 unspecified atom stereocenters. The summed E-state index contributed by atoms with van der Waals surface area (Å²) in [5.41, 5.74) is 1.88. The molecule has 1 heterocycles. The highest BCUT2D eigenvalue weighted by Gasteiger charge is 2.06. The lowest BCUT2D eigenvalue weighted by Crippen LogP contribution is -1.94. The van der Waals surface area contributed by atoms with Gasteiger partial charge in [-0.1, -0.05) is 18.2 Å². The van der Waals surface area contributed by atoms with E-state index in [9.17, 15) is 4.39 Å². The third kappa shape index (κ3) is 1.56. The summed E-state index contributed by atoms with van der Waals surface area (Å²) in [6.45, 7) is 0. The summed E-state index contributed by atoms with van der Waals surface area (Å²) in [6, 6.07) is 16.3. The van der Waals surface area contributed by atoms with E-state index in [0.29, 0.717) is 0 Å². The normalized spacial score (nSPS) is 10.4. The highest BCUT2D eigenvalue weighted by Crippen LogP contribution is 2.21. The van der Waals surface area contributed by atoms with Gasteiger partial charge in [-0.3, -0.25) is 0 Å². The van der Waals surface area contributed by atoms with Gasteiger partial charge in [0.05, 0.1) is 11.1 Å². The van der Waals surface area contributed by atoms with Crippen molar-refractivity contribution >= 4 is 10.9 Å². The fourth-order valence-electron chi connectivity index (χ4n) is 2.06. The molecule has 0 atom stereocenters. The number of hydrogen-bond donors (Lipinski definition) is 0. The number of nitriles is 1. The van der Waals surface area contributed by atoms with Crippen molar-refractivity contribution < 1.29 is 4.39 Å². The maximum Gasteiger partial charge on any atom is 0.141 e. The standard InChI is InChI=1S/C15H9FN2/c16-14-6-5-13(9-12(14)10-17)18-8-7-11-3-1-2-4-15(11)18/h1-9H. The van der Waals surface area contributed by atoms with E-state index < -0.39 is 5.82 Å². The van der Waals surface area contributed by atoms with Gasteiger partial charge in [-0.2, -0.15) is 5.26 Å². The monoisotopic (exact) mass is 236 g/mol. The van der Waals surface area contributed by atoms with Gasteiger partial charge in [0.2, 0.25) is 0 Å². The number of hydrogen-bond acceptors (Lipinski definition) is 1. The molecule has 0 bridgehead atoms. The molecule has 3 aromatic rings. The Balaban J connectivity index is 2.24. The second-order valence-electron chi connectivity index (χ2n) is 4.02. The summed E-state index contributed by atoms with van der Waals surface area (Å²) in [5, 5.41) is 9.97. The second kappa shape index (κ2) is 4.01. The molecule has 3 heteroatoms. The van der Waals surface area contributed by atoms with Crippen LogP contribution in [-0.2, 0) is 0 Å². The summed E-state index contributed by atoms with van der Waals surface area (Å²) in [7, 11) is 0. The van der Waals surface area contributed by atoms with Crippen molar-refractivity contribution in [3.8, 4) is 11.8 Å². The van der Waals surface area contributed by atoms with Crippen LogP contribution in [0.15, 0.2) is 54.7 Å². The molecule has 0 aliphatic heterocycles. The highest BCUT2D eigenvalue weighted by molar-refractivity contribution is 5.81. The van der Waals surface area contributed by atoms with Crippen LogP contribution in [0, 0.1) is 17.1 Å². The number of halogens is 1. The van der Waals surface area contributed by atoms with Gasteiger partial charge < -0.3 is 4.57 Å². The first-order valence-corrected chi connectivity index (χ1v) is 5.56. The minimum absolute atomic E-state index is 0.0604. The Morgan fingerprint density at radius 2 is 1.89 bits per heavy atom. The number of para-hydroxylation sites is 1. The SMILES string of the molecule is N#Cc1cc(-n2ccc3ccccc32)ccc1F. The van der Waals surface area contributed by atoms with E-state index in [1.54, 1.807) is 12.1 Å². The maximum absolute atomic E-state index is 13.3. The average Bonchev–Trinajstić information content (AvgIpc) is 2.83. The van der Waals surface area contributed by atoms with E-state index in [0.717, 1.165) is 16.6 Å². The minimum Gasteiger partial charge on any atom is -0.317 e. The Hall–Kier alpha value is -2.60. The number of rotatable bonds is 1. The molecule has 0 spiro atoms. The smallest absolute Gasteiger partial charge is 0.141 e. The Morgan fingerprint density at radius 3 is 2.72 bits per heavy atom. The molecule has 0 radical (unpaired) electrons. The molecule has 0 N–H and O–H groups in total. The summed E-state index contributed by atoms with van der Waals surface area (Å²) in [6.07, 6.45) is 1.92. The lowest BCUT2D eigenvalue weighted by Gasteiger charge is -2.06. The van der Waals surface area contributed by atoms with Crippen molar-refractivity contribution in [1.29, 1.82) is 5.26 Å². The van der Waals surface area contributed by atoms with Crippen LogP contribution in [0.4, 0.5) is 4.39 Å². The van der Waals surface area contributed by atoms with Gasteiger partial charge in [0.1, 0.15) is 11.9 Å². The summed E-state index contributed by atoms with van der Waals surface area (Å²) in [4.78, 5) is 0. The molecular weight excluding hydrogens is 227 g/mol. The van der Waals surface area contributed by atoms with Gasteiger partial charge in [-0.25, -0.2) is 4.39 Å². The molecule has 2 aromatic carbocycles. The van der Waals surface area contributed by atoms with Crippen LogP contribution in [0.25, 0.3) is 16.6 Å². The molecular formula is C15H9FN2. The third-order valence-corrected chi connectivity index (χ3v) is 2.95. The van der Waals surface area contributed by atoms with Gasteiger partial charge in [0.25, 0.3) is 0 Å². The first kappa shape index (κ1) is 10.5. The second-order valence-corrected chi connectivity index (χ2v) is 4.02. The van der Waals surface area contributed by atoms with Crippen molar-refractivity contribution in [2.45, 2.75) is 0 Å². The molecule has 0 fully saturated rings. The van der Waals surface area contributed by atoms with E-state index >= 15 is 0 Å². The summed E-state index contributed by atoms with van der Waals surface area (Å²) in [5.74, 6) is -0.488. The lowest BCUT2D eigenvalue weighted by atomic mass is 10.2. The molecule has 2 nitrogen and oxygen atoms in total. The maximum atomic E-state index is 13.3. The lowest BCUT2D eigenvalue weighted by molar-refractivity contribution is 0.623. The van der Waals surface area contributed by atoms with E-state index in [1.807, 2.05) is 47.2 Å². The number of fused-ring (bicyclic) bond motifs is 1. The topological polar surface area (TPSA) is 28.7 Å². The quantitative estimate of drug-likeness (QED) is 0.634. The first-order chi connectivity index (χ1) is 8.79. The van der Waals surface area contributed by atoms with Gasteiger partial charge in [-0.05, 0) is 35.7 Å². The molecule has 18 heavy (non-hydrogen) atoms. The molecule has 0 amide bonds. The zero-order valence-electron chi connectivity index (χ0n) is 9.47. The van der Waals surface area contributed by atoms with Crippen molar-refractivity contribution in [3.63, 3.8) is 0 Å². The Kier molecular flexibility index (Phi) is 2.35. The largest absolute Gasteiger partial charge is 0.317 e. The van der Waals surface area contributed by atoms with Crippen molar-refractivity contribution in [2.75, 3.05) is 0 Å². The number of aromatic nitrogens is 1. The highest BCUT2D eigenvalue weighted by atomic mass is 19.1. The van der Waals surface area contributed by atoms with Crippen LogP contribution in [0.2, 0.25) is 0 Å². The Labute approximate surface area is 104 Å². The number of nitrogens with zero attached hydrogens (tertiary/aromatic N) is 2. The van der Waals surface area contributed by atoms with Crippen LogP contribution in [0.5, 0.6) is 0 Å². The van der Waals surface area contributed by atoms with Crippen LogP contribution < -0.4 is 0 Å². The molecule has 0 saturated carbocycles. The number of benzene rings is 2. The van der Waals surface area contributed by atoms with Gasteiger partial charge in [0, 0.05) is 11.9 Å². The molecule has 1 aromatic heterocycles. The van der Waals surface area contributed by atoms with E-state index in [1.165, 1.54) is 6.07 Å². The zero-order chi connectivity index (χ0) is 12.5. The van der Waals surface area contributed by atoms with Gasteiger partial charge in [-0.15, -0.1) is 0 Å².